The summed E-state index contributed by atoms with van der Waals surface area (Å²) in [6, 6.07) is 0. The third kappa shape index (κ3) is 8.24. The standard InChI is InChI=1S/C22H36N6O16P2/c1-8(2)13(32)15(34)20(36)27-45(37,38)41-5-9-3-10(30)21(42-9)28-7-25-12-18(23-6-24-19(12)28)26-46(39,40)44-22-16(35)14(33)17(43-22)11(31)4-29/h6-11,13-17,21-22,29-35H,3-5H2,1-2H3,(H2,27,36,37,38)(H2,23,24,26,39,40)/t9-,10-,11+,13+,14+,15-,16+,17+,21+,22?/m0/s1. The highest BCUT2D eigenvalue weighted by Gasteiger charge is 2.49. The van der Waals surface area contributed by atoms with Crippen molar-refractivity contribution in [2.45, 2.75) is 81.6 Å². The average molecular weight is 703 g/mol. The minimum absolute atomic E-state index is 0.0142. The molecule has 22 nitrogen and oxygen atoms in total. The molecule has 1 amide bonds. The molecule has 3 unspecified atom stereocenters. The Bertz CT molecular complexity index is 1470. The van der Waals surface area contributed by atoms with Crippen molar-refractivity contribution in [1.29, 1.82) is 0 Å². The number of aromatic nitrogens is 4. The van der Waals surface area contributed by atoms with Crippen LogP contribution in [0.4, 0.5) is 5.82 Å². The molecule has 2 aliphatic heterocycles. The van der Waals surface area contributed by atoms with Crippen molar-refractivity contribution in [1.82, 2.24) is 24.6 Å². The van der Waals surface area contributed by atoms with Crippen molar-refractivity contribution < 1.29 is 78.0 Å². The fourth-order valence-corrected chi connectivity index (χ4v) is 6.41. The van der Waals surface area contributed by atoms with Crippen LogP contribution in [0.2, 0.25) is 0 Å². The number of nitrogens with one attached hydrogen (secondary N) is 2. The van der Waals surface area contributed by atoms with Crippen LogP contribution < -0.4 is 10.2 Å². The number of fused-ring (bicyclic) bond motifs is 1. The lowest BCUT2D eigenvalue weighted by Gasteiger charge is -2.22. The summed E-state index contributed by atoms with van der Waals surface area (Å²) >= 11 is 0. The van der Waals surface area contributed by atoms with Crippen LogP contribution >= 0.6 is 15.5 Å². The number of carbonyl (C=O) groups excluding carboxylic acids is 1. The van der Waals surface area contributed by atoms with E-state index in [-0.39, 0.29) is 23.4 Å². The Labute approximate surface area is 259 Å². The number of aliphatic hydroxyl groups is 7. The molecule has 2 aromatic rings. The SMILES string of the molecule is CC(C)[C@@H](O)[C@H](O)C(=O)NP(=O)(O)OC[C@@H]1C[C@H](O)[C@H](n2cnc3c(NP(=O)(O)OC4O[C@H]([C@H](O)CO)[C@H](O)[C@H]4O)ncnc32)O1. The number of aliphatic hydroxyl groups excluding tert-OH is 7. The molecule has 11 N–H and O–H groups in total. The molecule has 12 atom stereocenters. The van der Waals surface area contributed by atoms with Crippen LogP contribution in [0.15, 0.2) is 12.7 Å². The maximum absolute atomic E-state index is 12.8. The summed E-state index contributed by atoms with van der Waals surface area (Å²) in [4.78, 5) is 44.4. The molecule has 2 aliphatic rings. The maximum atomic E-state index is 12.8. The van der Waals surface area contributed by atoms with Gasteiger partial charge in [0.2, 0.25) is 0 Å². The minimum Gasteiger partial charge on any atom is -0.394 e. The van der Waals surface area contributed by atoms with Gasteiger partial charge < -0.3 is 55.0 Å². The second-order valence-electron chi connectivity index (χ2n) is 10.9. The van der Waals surface area contributed by atoms with E-state index in [2.05, 4.69) is 20.0 Å². The second kappa shape index (κ2) is 14.5. The number of hydrogen-bond acceptors (Lipinski definition) is 17. The van der Waals surface area contributed by atoms with E-state index in [9.17, 15) is 54.4 Å². The molecular weight excluding hydrogens is 666 g/mol. The summed E-state index contributed by atoms with van der Waals surface area (Å²) < 4.78 is 47.0. The number of hydrogen-bond donors (Lipinski definition) is 11. The zero-order valence-electron chi connectivity index (χ0n) is 24.2. The lowest BCUT2D eigenvalue weighted by molar-refractivity contribution is -0.139. The van der Waals surface area contributed by atoms with E-state index in [1.54, 1.807) is 5.09 Å². The monoisotopic (exact) mass is 702 g/mol. The molecule has 0 saturated carbocycles. The highest BCUT2D eigenvalue weighted by molar-refractivity contribution is 7.54. The lowest BCUT2D eigenvalue weighted by Crippen LogP contribution is -2.43. The first kappa shape index (κ1) is 36.6. The third-order valence-electron chi connectivity index (χ3n) is 7.08. The van der Waals surface area contributed by atoms with Crippen molar-refractivity contribution in [3.05, 3.63) is 12.7 Å². The number of anilines is 1. The van der Waals surface area contributed by atoms with E-state index in [0.29, 0.717) is 0 Å². The molecule has 2 fully saturated rings. The fourth-order valence-electron chi connectivity index (χ4n) is 4.63. The Morgan fingerprint density at radius 2 is 1.78 bits per heavy atom. The van der Waals surface area contributed by atoms with Crippen molar-refractivity contribution in [2.24, 2.45) is 5.92 Å². The van der Waals surface area contributed by atoms with Crippen molar-refractivity contribution in [3.8, 4) is 0 Å². The molecule has 46 heavy (non-hydrogen) atoms. The van der Waals surface area contributed by atoms with E-state index in [1.807, 2.05) is 0 Å². The van der Waals surface area contributed by atoms with Crippen LogP contribution in [0.1, 0.15) is 26.5 Å². The minimum atomic E-state index is -4.92. The topological polar surface area (TPSA) is 338 Å². The molecule has 0 aliphatic carbocycles. The number of imidazole rings is 1. The molecule has 2 saturated heterocycles. The molecule has 0 spiro atoms. The molecule has 2 aromatic heterocycles. The summed E-state index contributed by atoms with van der Waals surface area (Å²) in [6.45, 7) is 1.62. The predicted molar refractivity (Wildman–Crippen MR) is 149 cm³/mol. The van der Waals surface area contributed by atoms with Crippen molar-refractivity contribution in [2.75, 3.05) is 18.3 Å². The predicted octanol–water partition coefficient (Wildman–Crippen LogP) is -3.59. The Morgan fingerprint density at radius 1 is 1.09 bits per heavy atom. The molecule has 260 valence electrons. The number of ether oxygens (including phenoxy) is 2. The van der Waals surface area contributed by atoms with Crippen LogP contribution in [0.3, 0.4) is 0 Å². The zero-order chi connectivity index (χ0) is 34.1. The van der Waals surface area contributed by atoms with Gasteiger partial charge in [-0.2, -0.15) is 0 Å². The fraction of sp³-hybridized carbons (Fsp3) is 0.727. The first-order chi connectivity index (χ1) is 21.4. The highest BCUT2D eigenvalue weighted by atomic mass is 31.2. The quantitative estimate of drug-likeness (QED) is 0.0847. The van der Waals surface area contributed by atoms with Gasteiger partial charge in [-0.25, -0.2) is 24.1 Å². The van der Waals surface area contributed by atoms with Gasteiger partial charge in [-0.15, -0.1) is 0 Å². The third-order valence-corrected chi connectivity index (χ3v) is 9.07. The first-order valence-electron chi connectivity index (χ1n) is 13.7. The normalized spacial score (nSPS) is 31.3. The van der Waals surface area contributed by atoms with E-state index in [1.165, 1.54) is 18.4 Å². The van der Waals surface area contributed by atoms with Crippen LogP contribution in [0.25, 0.3) is 11.2 Å². The van der Waals surface area contributed by atoms with E-state index < -0.39 is 102 Å². The number of amides is 1. The van der Waals surface area contributed by atoms with Crippen LogP contribution in [0, 0.1) is 5.92 Å². The molecule has 4 rings (SSSR count). The summed E-state index contributed by atoms with van der Waals surface area (Å²) in [6.07, 6.45) is -13.5. The molecule has 24 heteroatoms. The summed E-state index contributed by atoms with van der Waals surface area (Å²) in [5.41, 5.74) is -0.123. The van der Waals surface area contributed by atoms with Crippen molar-refractivity contribution >= 4 is 38.4 Å². The Balaban J connectivity index is 1.39. The number of nitrogens with zero attached hydrogens (tertiary/aromatic N) is 4. The average Bonchev–Trinajstić information content (AvgIpc) is 3.66. The van der Waals surface area contributed by atoms with Gasteiger partial charge in [0.15, 0.2) is 35.6 Å². The van der Waals surface area contributed by atoms with Gasteiger partial charge in [0.25, 0.3) is 5.91 Å². The molecule has 0 bridgehead atoms. The van der Waals surface area contributed by atoms with Gasteiger partial charge in [0.05, 0.1) is 31.7 Å². The molecule has 0 aromatic carbocycles. The number of rotatable bonds is 14. The molecule has 0 radical (unpaired) electrons. The summed E-state index contributed by atoms with van der Waals surface area (Å²) in [5, 5.41) is 73.0. The Hall–Kier alpha value is -2.24. The molecular formula is C22H36N6O16P2. The van der Waals surface area contributed by atoms with Gasteiger partial charge in [0.1, 0.15) is 36.8 Å². The van der Waals surface area contributed by atoms with Crippen LogP contribution in [-0.4, -0.2) is 139 Å². The van der Waals surface area contributed by atoms with E-state index in [0.717, 1.165) is 12.7 Å². The maximum Gasteiger partial charge on any atom is 0.433 e. The zero-order valence-corrected chi connectivity index (χ0v) is 26.0. The summed E-state index contributed by atoms with van der Waals surface area (Å²) in [5.74, 6) is -2.21. The smallest absolute Gasteiger partial charge is 0.394 e. The Kier molecular flexibility index (Phi) is 11.5. The highest BCUT2D eigenvalue weighted by Crippen LogP contribution is 2.46. The largest absolute Gasteiger partial charge is 0.433 e. The number of carbonyl (C=O) groups is 1. The summed E-state index contributed by atoms with van der Waals surface area (Å²) in [7, 11) is -9.75. The van der Waals surface area contributed by atoms with Crippen LogP contribution in [0.5, 0.6) is 0 Å². The van der Waals surface area contributed by atoms with Gasteiger partial charge in [0, 0.05) is 6.42 Å². The van der Waals surface area contributed by atoms with Crippen molar-refractivity contribution in [3.63, 3.8) is 0 Å². The van der Waals surface area contributed by atoms with E-state index in [4.69, 9.17) is 23.6 Å². The van der Waals surface area contributed by atoms with Gasteiger partial charge in [-0.05, 0) is 5.92 Å². The van der Waals surface area contributed by atoms with Gasteiger partial charge in [-0.3, -0.25) is 28.6 Å². The first-order valence-corrected chi connectivity index (χ1v) is 16.9. The van der Waals surface area contributed by atoms with E-state index >= 15 is 0 Å². The van der Waals surface area contributed by atoms with Crippen LogP contribution in [-0.2, 0) is 32.4 Å². The second-order valence-corrected chi connectivity index (χ2v) is 13.9. The molecule has 4 heterocycles. The van der Waals surface area contributed by atoms with Gasteiger partial charge >= 0.3 is 15.5 Å². The lowest BCUT2D eigenvalue weighted by atomic mass is 10.0. The Morgan fingerprint density at radius 3 is 2.43 bits per heavy atom. The van der Waals surface area contributed by atoms with Gasteiger partial charge in [-0.1, -0.05) is 13.8 Å².